The fourth-order valence-electron chi connectivity index (χ4n) is 2.22. The highest BCUT2D eigenvalue weighted by Gasteiger charge is 2.14. The Morgan fingerprint density at radius 1 is 1.19 bits per heavy atom. The molecule has 2 aromatic heterocycles. The Morgan fingerprint density at radius 3 is 2.74 bits per heavy atom. The second-order valence-electron chi connectivity index (χ2n) is 5.24. The average molecular weight is 366 g/mol. The van der Waals surface area contributed by atoms with Crippen LogP contribution in [-0.4, -0.2) is 36.5 Å². The summed E-state index contributed by atoms with van der Waals surface area (Å²) in [5.74, 6) is -1.48. The normalized spacial score (nSPS) is 10.2. The minimum absolute atomic E-state index is 0.00401. The van der Waals surface area contributed by atoms with Gasteiger partial charge < -0.3 is 11.1 Å². The van der Waals surface area contributed by atoms with Crippen LogP contribution in [0.15, 0.2) is 36.9 Å². The number of benzene rings is 1. The Morgan fingerprint density at radius 2 is 2.00 bits per heavy atom. The zero-order valence-corrected chi connectivity index (χ0v) is 13.6. The van der Waals surface area contributed by atoms with Crippen LogP contribution in [-0.2, 0) is 6.54 Å². The largest absolute Gasteiger partial charge is 0.364 e. The predicted octanol–water partition coefficient (Wildman–Crippen LogP) is 0.0970. The summed E-state index contributed by atoms with van der Waals surface area (Å²) in [7, 11) is 0. The smallest absolute Gasteiger partial charge is 0.267 e. The number of aromatic nitrogens is 5. The molecule has 2 amide bonds. The van der Waals surface area contributed by atoms with E-state index in [4.69, 9.17) is 11.0 Å². The molecule has 10 nitrogen and oxygen atoms in total. The van der Waals surface area contributed by atoms with E-state index in [1.807, 2.05) is 0 Å². The third kappa shape index (κ3) is 3.90. The first-order valence-corrected chi connectivity index (χ1v) is 7.48. The Labute approximate surface area is 151 Å². The van der Waals surface area contributed by atoms with Gasteiger partial charge in [-0.3, -0.25) is 9.59 Å². The molecule has 134 valence electrons. The summed E-state index contributed by atoms with van der Waals surface area (Å²) in [6, 6.07) is 6.42. The molecule has 0 fully saturated rings. The molecule has 2 heterocycles. The van der Waals surface area contributed by atoms with Gasteiger partial charge in [-0.25, -0.2) is 19.3 Å². The molecule has 3 rings (SSSR count). The number of amides is 2. The number of nitriles is 1. The molecule has 0 aliphatic rings. The molecule has 0 saturated carbocycles. The van der Waals surface area contributed by atoms with E-state index in [1.54, 1.807) is 6.07 Å². The first-order valence-electron chi connectivity index (χ1n) is 7.48. The van der Waals surface area contributed by atoms with Crippen molar-refractivity contribution >= 4 is 11.8 Å². The van der Waals surface area contributed by atoms with E-state index >= 15 is 0 Å². The number of halogens is 1. The van der Waals surface area contributed by atoms with E-state index in [-0.39, 0.29) is 29.2 Å². The van der Waals surface area contributed by atoms with Gasteiger partial charge in [0.05, 0.1) is 18.2 Å². The van der Waals surface area contributed by atoms with Crippen molar-refractivity contribution in [3.8, 4) is 11.9 Å². The number of rotatable bonds is 5. The number of nitrogens with one attached hydrogen (secondary N) is 1. The molecular formula is C16H11FN8O2. The maximum atomic E-state index is 13.5. The van der Waals surface area contributed by atoms with Crippen molar-refractivity contribution in [3.05, 3.63) is 65.4 Å². The summed E-state index contributed by atoms with van der Waals surface area (Å²) in [4.78, 5) is 35.2. The van der Waals surface area contributed by atoms with Crippen LogP contribution in [0, 0.1) is 17.1 Å². The summed E-state index contributed by atoms with van der Waals surface area (Å²) >= 11 is 0. The maximum absolute atomic E-state index is 13.5. The van der Waals surface area contributed by atoms with Crippen molar-refractivity contribution in [1.29, 1.82) is 5.26 Å². The molecule has 0 aliphatic carbocycles. The van der Waals surface area contributed by atoms with Gasteiger partial charge in [-0.1, -0.05) is 0 Å². The van der Waals surface area contributed by atoms with E-state index in [0.29, 0.717) is 5.82 Å². The second-order valence-corrected chi connectivity index (χ2v) is 5.24. The standard InChI is InChI=1S/C16H11FN8O2/c17-11-2-9(5-18)1-10(3-11)16(27)20-6-14-23-8-24-25(14)13-4-12(15(19)26)21-7-22-13/h1-4,7-8H,6H2,(H2,19,26)(H,20,27). The lowest BCUT2D eigenvalue weighted by molar-refractivity contribution is 0.0948. The molecule has 3 aromatic rings. The third-order valence-electron chi connectivity index (χ3n) is 3.44. The second kappa shape index (κ2) is 7.36. The Balaban J connectivity index is 1.79. The van der Waals surface area contributed by atoms with Crippen LogP contribution in [0.3, 0.4) is 0 Å². The van der Waals surface area contributed by atoms with Crippen molar-refractivity contribution in [2.75, 3.05) is 0 Å². The molecule has 0 spiro atoms. The van der Waals surface area contributed by atoms with Crippen LogP contribution in [0.4, 0.5) is 4.39 Å². The van der Waals surface area contributed by atoms with Gasteiger partial charge in [0.15, 0.2) is 11.6 Å². The van der Waals surface area contributed by atoms with Gasteiger partial charge in [0.2, 0.25) is 0 Å². The maximum Gasteiger partial charge on any atom is 0.267 e. The lowest BCUT2D eigenvalue weighted by atomic mass is 10.1. The minimum atomic E-state index is -0.729. The van der Waals surface area contributed by atoms with Crippen LogP contribution >= 0.6 is 0 Å². The van der Waals surface area contributed by atoms with Gasteiger partial charge in [-0.05, 0) is 18.2 Å². The Hall–Kier alpha value is -4.20. The van der Waals surface area contributed by atoms with E-state index < -0.39 is 17.6 Å². The SMILES string of the molecule is N#Cc1cc(F)cc(C(=O)NCc2ncnn2-c2cc(C(N)=O)ncn2)c1. The molecule has 11 heteroatoms. The highest BCUT2D eigenvalue weighted by Crippen LogP contribution is 2.10. The minimum Gasteiger partial charge on any atom is -0.364 e. The molecule has 0 radical (unpaired) electrons. The molecule has 3 N–H and O–H groups in total. The number of hydrogen-bond donors (Lipinski definition) is 2. The van der Waals surface area contributed by atoms with Gasteiger partial charge in [-0.15, -0.1) is 0 Å². The number of hydrogen-bond acceptors (Lipinski definition) is 7. The molecular weight excluding hydrogens is 355 g/mol. The number of nitrogens with two attached hydrogens (primary N) is 1. The third-order valence-corrected chi connectivity index (χ3v) is 3.44. The molecule has 0 unspecified atom stereocenters. The molecule has 0 atom stereocenters. The number of nitrogens with zero attached hydrogens (tertiary/aromatic N) is 6. The summed E-state index contributed by atoms with van der Waals surface area (Å²) in [6.07, 6.45) is 2.39. The summed E-state index contributed by atoms with van der Waals surface area (Å²) in [5.41, 5.74) is 5.21. The highest BCUT2D eigenvalue weighted by molar-refractivity contribution is 5.94. The molecule has 1 aromatic carbocycles. The zero-order chi connectivity index (χ0) is 19.4. The zero-order valence-electron chi connectivity index (χ0n) is 13.6. The van der Waals surface area contributed by atoms with Gasteiger partial charge >= 0.3 is 0 Å². The Bertz CT molecular complexity index is 1070. The topological polar surface area (TPSA) is 152 Å². The fraction of sp³-hybridized carbons (Fsp3) is 0.0625. The molecule has 0 aliphatic heterocycles. The van der Waals surface area contributed by atoms with Crippen molar-refractivity contribution in [3.63, 3.8) is 0 Å². The van der Waals surface area contributed by atoms with E-state index in [1.165, 1.54) is 23.1 Å². The summed E-state index contributed by atoms with van der Waals surface area (Å²) in [6.45, 7) is -0.0624. The molecule has 0 saturated heterocycles. The Kier molecular flexibility index (Phi) is 4.80. The summed E-state index contributed by atoms with van der Waals surface area (Å²) < 4.78 is 14.8. The van der Waals surface area contributed by atoms with Crippen molar-refractivity contribution in [1.82, 2.24) is 30.0 Å². The van der Waals surface area contributed by atoms with Crippen LogP contribution in [0.5, 0.6) is 0 Å². The average Bonchev–Trinajstić information content (AvgIpc) is 3.14. The highest BCUT2D eigenvalue weighted by atomic mass is 19.1. The molecule has 0 bridgehead atoms. The van der Waals surface area contributed by atoms with Gasteiger partial charge in [-0.2, -0.15) is 15.0 Å². The van der Waals surface area contributed by atoms with Crippen LogP contribution in [0.2, 0.25) is 0 Å². The van der Waals surface area contributed by atoms with Gasteiger partial charge in [0, 0.05) is 11.6 Å². The van der Waals surface area contributed by atoms with Crippen molar-refractivity contribution in [2.45, 2.75) is 6.54 Å². The summed E-state index contributed by atoms with van der Waals surface area (Å²) in [5, 5.41) is 15.4. The van der Waals surface area contributed by atoms with Crippen molar-refractivity contribution < 1.29 is 14.0 Å². The predicted molar refractivity (Wildman–Crippen MR) is 87.8 cm³/mol. The van der Waals surface area contributed by atoms with Crippen LogP contribution < -0.4 is 11.1 Å². The van der Waals surface area contributed by atoms with Crippen molar-refractivity contribution in [2.24, 2.45) is 5.73 Å². The lowest BCUT2D eigenvalue weighted by Crippen LogP contribution is -2.25. The number of carbonyl (C=O) groups excluding carboxylic acids is 2. The van der Waals surface area contributed by atoms with E-state index in [0.717, 1.165) is 18.5 Å². The number of primary amides is 1. The fourth-order valence-corrected chi connectivity index (χ4v) is 2.22. The first-order chi connectivity index (χ1) is 13.0. The number of carbonyl (C=O) groups is 2. The van der Waals surface area contributed by atoms with Gasteiger partial charge in [0.25, 0.3) is 11.8 Å². The first kappa shape index (κ1) is 17.6. The van der Waals surface area contributed by atoms with E-state index in [2.05, 4.69) is 25.4 Å². The quantitative estimate of drug-likeness (QED) is 0.649. The van der Waals surface area contributed by atoms with Crippen LogP contribution in [0.25, 0.3) is 5.82 Å². The van der Waals surface area contributed by atoms with E-state index in [9.17, 15) is 14.0 Å². The molecule has 27 heavy (non-hydrogen) atoms. The lowest BCUT2D eigenvalue weighted by Gasteiger charge is -2.08. The van der Waals surface area contributed by atoms with Gasteiger partial charge in [0.1, 0.15) is 24.2 Å². The van der Waals surface area contributed by atoms with Crippen LogP contribution in [0.1, 0.15) is 32.2 Å². The monoisotopic (exact) mass is 366 g/mol.